The Kier molecular flexibility index (Phi) is 4.44. The van der Waals surface area contributed by atoms with E-state index < -0.39 is 0 Å². The first kappa shape index (κ1) is 12.4. The van der Waals surface area contributed by atoms with E-state index in [4.69, 9.17) is 4.74 Å². The van der Waals surface area contributed by atoms with Crippen molar-refractivity contribution in [3.8, 4) is 0 Å². The van der Waals surface area contributed by atoms with Gasteiger partial charge in [-0.25, -0.2) is 0 Å². The van der Waals surface area contributed by atoms with Crippen LogP contribution in [0.25, 0.3) is 0 Å². The largest absolute Gasteiger partial charge is 0.368 e. The van der Waals surface area contributed by atoms with Crippen molar-refractivity contribution in [1.29, 1.82) is 0 Å². The Morgan fingerprint density at radius 3 is 3.18 bits per heavy atom. The third kappa shape index (κ3) is 3.47. The number of nitrogens with zero attached hydrogens (tertiary/aromatic N) is 2. The molecular weight excluding hydrogens is 238 g/mol. The summed E-state index contributed by atoms with van der Waals surface area (Å²) in [4.78, 5) is 11.7. The van der Waals surface area contributed by atoms with E-state index in [9.17, 15) is 4.79 Å². The standard InChI is InChI=1S/C11H17N3O2S/c1-2-3-6-9-13-14-11(17-9)12-10(15)8-5-4-7-16-8/h8H,2-7H2,1H3,(H,12,14,15)/t8-/m0/s1. The zero-order valence-corrected chi connectivity index (χ0v) is 10.8. The fraction of sp³-hybridized carbons (Fsp3) is 0.727. The maximum absolute atomic E-state index is 11.7. The summed E-state index contributed by atoms with van der Waals surface area (Å²) in [6.07, 6.45) is 4.62. The van der Waals surface area contributed by atoms with Gasteiger partial charge < -0.3 is 4.74 Å². The highest BCUT2D eigenvalue weighted by Gasteiger charge is 2.24. The van der Waals surface area contributed by atoms with Crippen LogP contribution in [0.15, 0.2) is 0 Å². The lowest BCUT2D eigenvalue weighted by molar-refractivity contribution is -0.124. The molecule has 1 fully saturated rings. The average Bonchev–Trinajstić information content (AvgIpc) is 2.97. The number of aryl methyl sites for hydroxylation is 1. The predicted molar refractivity (Wildman–Crippen MR) is 66.1 cm³/mol. The molecule has 1 aromatic rings. The van der Waals surface area contributed by atoms with Gasteiger partial charge in [0.2, 0.25) is 5.13 Å². The molecule has 0 bridgehead atoms. The lowest BCUT2D eigenvalue weighted by Gasteiger charge is -2.06. The Labute approximate surface area is 105 Å². The number of aromatic nitrogens is 2. The number of hydrogen-bond donors (Lipinski definition) is 1. The molecule has 1 amide bonds. The number of amides is 1. The maximum atomic E-state index is 11.7. The molecule has 0 spiro atoms. The van der Waals surface area contributed by atoms with Gasteiger partial charge in [-0.1, -0.05) is 24.7 Å². The second-order valence-electron chi connectivity index (χ2n) is 4.10. The van der Waals surface area contributed by atoms with Crippen LogP contribution in [0, 0.1) is 0 Å². The summed E-state index contributed by atoms with van der Waals surface area (Å²) in [5, 5.41) is 12.3. The summed E-state index contributed by atoms with van der Waals surface area (Å²) in [5.74, 6) is -0.0966. The highest BCUT2D eigenvalue weighted by Crippen LogP contribution is 2.19. The SMILES string of the molecule is CCCCc1nnc(NC(=O)[C@@H]2CCCO2)s1. The van der Waals surface area contributed by atoms with Crippen molar-refractivity contribution >= 4 is 22.4 Å². The zero-order valence-electron chi connectivity index (χ0n) is 9.94. The van der Waals surface area contributed by atoms with E-state index >= 15 is 0 Å². The molecule has 2 rings (SSSR count). The molecule has 1 aromatic heterocycles. The first-order chi connectivity index (χ1) is 8.29. The molecule has 6 heteroatoms. The van der Waals surface area contributed by atoms with Crippen molar-refractivity contribution in [1.82, 2.24) is 10.2 Å². The lowest BCUT2D eigenvalue weighted by Crippen LogP contribution is -2.26. The van der Waals surface area contributed by atoms with Crippen LogP contribution >= 0.6 is 11.3 Å². The van der Waals surface area contributed by atoms with Gasteiger partial charge in [-0.3, -0.25) is 10.1 Å². The summed E-state index contributed by atoms with van der Waals surface area (Å²) in [5.41, 5.74) is 0. The van der Waals surface area contributed by atoms with E-state index in [0.29, 0.717) is 11.7 Å². The minimum Gasteiger partial charge on any atom is -0.368 e. The molecule has 1 aliphatic heterocycles. The Bertz CT molecular complexity index is 375. The topological polar surface area (TPSA) is 64.1 Å². The molecule has 17 heavy (non-hydrogen) atoms. The molecule has 1 atom stereocenters. The minimum absolute atomic E-state index is 0.0966. The predicted octanol–water partition coefficient (Wildman–Crippen LogP) is 2.00. The molecule has 2 heterocycles. The fourth-order valence-electron chi connectivity index (χ4n) is 1.70. The second-order valence-corrected chi connectivity index (χ2v) is 5.16. The molecular formula is C11H17N3O2S. The van der Waals surface area contributed by atoms with Crippen LogP contribution in [0.2, 0.25) is 0 Å². The molecule has 0 radical (unpaired) electrons. The van der Waals surface area contributed by atoms with Gasteiger partial charge in [-0.15, -0.1) is 10.2 Å². The first-order valence-corrected chi connectivity index (χ1v) is 6.86. The first-order valence-electron chi connectivity index (χ1n) is 6.04. The maximum Gasteiger partial charge on any atom is 0.255 e. The number of anilines is 1. The highest BCUT2D eigenvalue weighted by molar-refractivity contribution is 7.15. The molecule has 5 nitrogen and oxygen atoms in total. The number of carbonyl (C=O) groups is 1. The molecule has 0 aromatic carbocycles. The Morgan fingerprint density at radius 1 is 1.59 bits per heavy atom. The molecule has 1 aliphatic rings. The van der Waals surface area contributed by atoms with Crippen molar-refractivity contribution in [2.45, 2.75) is 45.1 Å². The highest BCUT2D eigenvalue weighted by atomic mass is 32.1. The molecule has 0 unspecified atom stereocenters. The normalized spacial score (nSPS) is 19.5. The molecule has 1 saturated heterocycles. The van der Waals surface area contributed by atoms with E-state index in [1.54, 1.807) is 0 Å². The number of unbranched alkanes of at least 4 members (excludes halogenated alkanes) is 1. The van der Waals surface area contributed by atoms with Crippen LogP contribution in [0.3, 0.4) is 0 Å². The monoisotopic (exact) mass is 255 g/mol. The van der Waals surface area contributed by atoms with Crippen molar-refractivity contribution < 1.29 is 9.53 Å². The van der Waals surface area contributed by atoms with Gasteiger partial charge in [0.1, 0.15) is 11.1 Å². The summed E-state index contributed by atoms with van der Waals surface area (Å²) < 4.78 is 5.30. The fourth-order valence-corrected chi connectivity index (χ4v) is 2.49. The van der Waals surface area contributed by atoms with E-state index in [-0.39, 0.29) is 12.0 Å². The van der Waals surface area contributed by atoms with Crippen LogP contribution in [0.5, 0.6) is 0 Å². The number of ether oxygens (including phenoxy) is 1. The summed E-state index contributed by atoms with van der Waals surface area (Å²) in [7, 11) is 0. The van der Waals surface area contributed by atoms with Crippen LogP contribution in [0.4, 0.5) is 5.13 Å². The lowest BCUT2D eigenvalue weighted by atomic mass is 10.2. The van der Waals surface area contributed by atoms with Gasteiger partial charge in [-0.2, -0.15) is 0 Å². The van der Waals surface area contributed by atoms with Crippen molar-refractivity contribution in [3.05, 3.63) is 5.01 Å². The summed E-state index contributed by atoms with van der Waals surface area (Å²) in [6.45, 7) is 2.82. The Hall–Kier alpha value is -1.01. The minimum atomic E-state index is -0.307. The molecule has 0 aliphatic carbocycles. The van der Waals surface area contributed by atoms with Crippen LogP contribution < -0.4 is 5.32 Å². The van der Waals surface area contributed by atoms with Gasteiger partial charge in [-0.05, 0) is 19.3 Å². The number of nitrogens with one attached hydrogen (secondary N) is 1. The van der Waals surface area contributed by atoms with Gasteiger partial charge in [0.15, 0.2) is 0 Å². The van der Waals surface area contributed by atoms with E-state index in [2.05, 4.69) is 22.4 Å². The van der Waals surface area contributed by atoms with Crippen molar-refractivity contribution in [2.75, 3.05) is 11.9 Å². The van der Waals surface area contributed by atoms with Gasteiger partial charge >= 0.3 is 0 Å². The molecule has 94 valence electrons. The Balaban J connectivity index is 1.85. The van der Waals surface area contributed by atoms with Gasteiger partial charge in [0, 0.05) is 13.0 Å². The third-order valence-corrected chi connectivity index (χ3v) is 3.56. The molecule has 0 saturated carbocycles. The van der Waals surface area contributed by atoms with Crippen LogP contribution in [0.1, 0.15) is 37.6 Å². The van der Waals surface area contributed by atoms with Crippen molar-refractivity contribution in [3.63, 3.8) is 0 Å². The second kappa shape index (κ2) is 6.07. The third-order valence-electron chi connectivity index (χ3n) is 2.66. The van der Waals surface area contributed by atoms with Gasteiger partial charge in [0.05, 0.1) is 0 Å². The summed E-state index contributed by atoms with van der Waals surface area (Å²) >= 11 is 1.45. The number of hydrogen-bond acceptors (Lipinski definition) is 5. The van der Waals surface area contributed by atoms with Crippen LogP contribution in [-0.4, -0.2) is 28.8 Å². The van der Waals surface area contributed by atoms with E-state index in [1.165, 1.54) is 11.3 Å². The van der Waals surface area contributed by atoms with E-state index in [0.717, 1.165) is 37.1 Å². The summed E-state index contributed by atoms with van der Waals surface area (Å²) in [6, 6.07) is 0. The van der Waals surface area contributed by atoms with Gasteiger partial charge in [0.25, 0.3) is 5.91 Å². The van der Waals surface area contributed by atoms with E-state index in [1.807, 2.05) is 0 Å². The molecule has 1 N–H and O–H groups in total. The average molecular weight is 255 g/mol. The number of carbonyl (C=O) groups excluding carboxylic acids is 1. The number of rotatable bonds is 5. The Morgan fingerprint density at radius 2 is 2.47 bits per heavy atom. The smallest absolute Gasteiger partial charge is 0.255 e. The quantitative estimate of drug-likeness (QED) is 0.874. The van der Waals surface area contributed by atoms with Crippen LogP contribution in [-0.2, 0) is 16.0 Å². The zero-order chi connectivity index (χ0) is 12.1. The van der Waals surface area contributed by atoms with Crippen molar-refractivity contribution in [2.24, 2.45) is 0 Å².